The Balaban J connectivity index is 1.31. The molecule has 142 valence electrons. The number of carbonyl (C=O) groups excluding carboxylic acids is 1. The molecule has 3 aromatic rings. The van der Waals surface area contributed by atoms with Crippen molar-refractivity contribution in [1.82, 2.24) is 24.8 Å². The molecule has 1 amide bonds. The van der Waals surface area contributed by atoms with Crippen LogP contribution in [0.2, 0.25) is 0 Å². The minimum absolute atomic E-state index is 0.0404. The Morgan fingerprint density at radius 3 is 2.36 bits per heavy atom. The van der Waals surface area contributed by atoms with Gasteiger partial charge in [-0.3, -0.25) is 9.78 Å². The molecule has 4 rings (SSSR count). The van der Waals surface area contributed by atoms with Gasteiger partial charge in [0, 0.05) is 63.7 Å². The van der Waals surface area contributed by atoms with Crippen molar-refractivity contribution in [2.75, 3.05) is 36.4 Å². The van der Waals surface area contributed by atoms with Crippen molar-refractivity contribution in [2.24, 2.45) is 0 Å². The number of hydrogen-bond acceptors (Lipinski definition) is 7. The Bertz CT molecular complexity index is 895. The van der Waals surface area contributed by atoms with Crippen LogP contribution in [0.4, 0.5) is 11.8 Å². The zero-order chi connectivity index (χ0) is 19.2. The second-order valence-corrected chi connectivity index (χ2v) is 6.47. The molecule has 8 nitrogen and oxygen atoms in total. The predicted molar refractivity (Wildman–Crippen MR) is 106 cm³/mol. The molecule has 4 heterocycles. The maximum Gasteiger partial charge on any atom is 0.257 e. The van der Waals surface area contributed by atoms with Crippen molar-refractivity contribution >= 4 is 17.7 Å². The van der Waals surface area contributed by atoms with Gasteiger partial charge in [-0.25, -0.2) is 15.0 Å². The van der Waals surface area contributed by atoms with Crippen molar-refractivity contribution in [1.29, 1.82) is 0 Å². The van der Waals surface area contributed by atoms with Crippen molar-refractivity contribution in [3.05, 3.63) is 72.4 Å². The molecular formula is C20H21N7O. The molecule has 0 radical (unpaired) electrons. The van der Waals surface area contributed by atoms with Gasteiger partial charge in [0.15, 0.2) is 0 Å². The molecule has 1 saturated heterocycles. The molecular weight excluding hydrogens is 354 g/mol. The van der Waals surface area contributed by atoms with E-state index in [9.17, 15) is 4.79 Å². The SMILES string of the molecule is O=C(c1cnc(NCc2ccncc2)nc1)N1CCN(c2ccccn2)CC1. The molecule has 1 N–H and O–H groups in total. The molecule has 0 unspecified atom stereocenters. The lowest BCUT2D eigenvalue weighted by Crippen LogP contribution is -2.49. The highest BCUT2D eigenvalue weighted by Crippen LogP contribution is 2.14. The summed E-state index contributed by atoms with van der Waals surface area (Å²) in [4.78, 5) is 33.6. The zero-order valence-corrected chi connectivity index (χ0v) is 15.4. The highest BCUT2D eigenvalue weighted by atomic mass is 16.2. The fraction of sp³-hybridized carbons (Fsp3) is 0.250. The van der Waals surface area contributed by atoms with Gasteiger partial charge in [0.2, 0.25) is 5.95 Å². The predicted octanol–water partition coefficient (Wildman–Crippen LogP) is 1.84. The van der Waals surface area contributed by atoms with Gasteiger partial charge in [0.05, 0.1) is 5.56 Å². The van der Waals surface area contributed by atoms with Crippen LogP contribution in [0.5, 0.6) is 0 Å². The number of nitrogens with one attached hydrogen (secondary N) is 1. The van der Waals surface area contributed by atoms with Gasteiger partial charge in [0.25, 0.3) is 5.91 Å². The summed E-state index contributed by atoms with van der Waals surface area (Å²) in [5.74, 6) is 1.40. The third kappa shape index (κ3) is 4.22. The Hall–Kier alpha value is -3.55. The third-order valence-electron chi connectivity index (χ3n) is 4.64. The lowest BCUT2D eigenvalue weighted by atomic mass is 10.2. The lowest BCUT2D eigenvalue weighted by molar-refractivity contribution is 0.0745. The number of anilines is 2. The number of nitrogens with zero attached hydrogens (tertiary/aromatic N) is 6. The largest absolute Gasteiger partial charge is 0.353 e. The van der Waals surface area contributed by atoms with Gasteiger partial charge in [-0.2, -0.15) is 0 Å². The molecule has 8 heteroatoms. The third-order valence-corrected chi connectivity index (χ3v) is 4.64. The van der Waals surface area contributed by atoms with Crippen molar-refractivity contribution < 1.29 is 4.79 Å². The van der Waals surface area contributed by atoms with E-state index in [0.717, 1.165) is 24.5 Å². The van der Waals surface area contributed by atoms with Gasteiger partial charge in [-0.1, -0.05) is 6.07 Å². The second-order valence-electron chi connectivity index (χ2n) is 6.47. The molecule has 3 aromatic heterocycles. The summed E-state index contributed by atoms with van der Waals surface area (Å²) >= 11 is 0. The standard InChI is InChI=1S/C20H21N7O/c28-19(27-11-9-26(10-12-27)18-3-1-2-6-22-18)17-14-24-20(25-15-17)23-13-16-4-7-21-8-5-16/h1-8,14-15H,9-13H2,(H,23,24,25). The first kappa shape index (κ1) is 17.8. The van der Waals surface area contributed by atoms with Crippen LogP contribution in [0, 0.1) is 0 Å². The van der Waals surface area contributed by atoms with Gasteiger partial charge in [0.1, 0.15) is 5.82 Å². The van der Waals surface area contributed by atoms with Crippen molar-refractivity contribution in [3.8, 4) is 0 Å². The number of pyridine rings is 2. The van der Waals surface area contributed by atoms with E-state index in [1.54, 1.807) is 31.0 Å². The van der Waals surface area contributed by atoms with E-state index in [1.165, 1.54) is 0 Å². The monoisotopic (exact) mass is 375 g/mol. The average molecular weight is 375 g/mol. The van der Waals surface area contributed by atoms with Crippen molar-refractivity contribution in [3.63, 3.8) is 0 Å². The Kier molecular flexibility index (Phi) is 5.37. The Morgan fingerprint density at radius 2 is 1.68 bits per heavy atom. The van der Waals surface area contributed by atoms with Crippen LogP contribution < -0.4 is 10.2 Å². The number of amides is 1. The first-order valence-corrected chi connectivity index (χ1v) is 9.20. The molecule has 0 aromatic carbocycles. The van der Waals surface area contributed by atoms with Crippen LogP contribution in [0.1, 0.15) is 15.9 Å². The second kappa shape index (κ2) is 8.43. The Morgan fingerprint density at radius 1 is 0.929 bits per heavy atom. The van der Waals surface area contributed by atoms with Crippen molar-refractivity contribution in [2.45, 2.75) is 6.54 Å². The maximum absolute atomic E-state index is 12.7. The van der Waals surface area contributed by atoms with Crippen LogP contribution in [0.15, 0.2) is 61.3 Å². The molecule has 0 aliphatic carbocycles. The molecule has 1 fully saturated rings. The molecule has 28 heavy (non-hydrogen) atoms. The van der Waals surface area contributed by atoms with Crippen LogP contribution in [0.3, 0.4) is 0 Å². The molecule has 1 aliphatic rings. The van der Waals surface area contributed by atoms with E-state index in [2.05, 4.69) is 30.2 Å². The summed E-state index contributed by atoms with van der Waals surface area (Å²) in [6, 6.07) is 9.72. The summed E-state index contributed by atoms with van der Waals surface area (Å²) in [6.45, 7) is 3.42. The molecule has 0 saturated carbocycles. The highest BCUT2D eigenvalue weighted by molar-refractivity contribution is 5.93. The minimum atomic E-state index is -0.0404. The summed E-state index contributed by atoms with van der Waals surface area (Å²) in [5.41, 5.74) is 1.59. The smallest absolute Gasteiger partial charge is 0.257 e. The number of rotatable bonds is 5. The van der Waals surface area contributed by atoms with E-state index in [-0.39, 0.29) is 5.91 Å². The highest BCUT2D eigenvalue weighted by Gasteiger charge is 2.23. The van der Waals surface area contributed by atoms with E-state index in [0.29, 0.717) is 31.1 Å². The van der Waals surface area contributed by atoms with E-state index >= 15 is 0 Å². The first-order valence-electron chi connectivity index (χ1n) is 9.20. The zero-order valence-electron chi connectivity index (χ0n) is 15.4. The van der Waals surface area contributed by atoms with E-state index in [4.69, 9.17) is 0 Å². The van der Waals surface area contributed by atoms with Gasteiger partial charge < -0.3 is 15.1 Å². The fourth-order valence-corrected chi connectivity index (χ4v) is 3.07. The van der Waals surface area contributed by atoms with Crippen LogP contribution in [-0.2, 0) is 6.54 Å². The van der Waals surface area contributed by atoms with Gasteiger partial charge >= 0.3 is 0 Å². The number of hydrogen-bond donors (Lipinski definition) is 1. The van der Waals surface area contributed by atoms with Crippen LogP contribution >= 0.6 is 0 Å². The maximum atomic E-state index is 12.7. The van der Waals surface area contributed by atoms with Gasteiger partial charge in [-0.15, -0.1) is 0 Å². The average Bonchev–Trinajstić information content (AvgIpc) is 2.79. The molecule has 0 bridgehead atoms. The minimum Gasteiger partial charge on any atom is -0.353 e. The van der Waals surface area contributed by atoms with E-state index < -0.39 is 0 Å². The van der Waals surface area contributed by atoms with Gasteiger partial charge in [-0.05, 0) is 29.8 Å². The summed E-state index contributed by atoms with van der Waals surface area (Å²) in [5, 5.41) is 3.14. The quantitative estimate of drug-likeness (QED) is 0.728. The topological polar surface area (TPSA) is 87.1 Å². The molecule has 0 atom stereocenters. The normalized spacial score (nSPS) is 14.0. The summed E-state index contributed by atoms with van der Waals surface area (Å²) < 4.78 is 0. The fourth-order valence-electron chi connectivity index (χ4n) is 3.07. The van der Waals surface area contributed by atoms with E-state index in [1.807, 2.05) is 35.2 Å². The van der Waals surface area contributed by atoms with Crippen LogP contribution in [0.25, 0.3) is 0 Å². The summed E-state index contributed by atoms with van der Waals surface area (Å²) in [6.07, 6.45) is 8.43. The molecule has 0 spiro atoms. The lowest BCUT2D eigenvalue weighted by Gasteiger charge is -2.35. The summed E-state index contributed by atoms with van der Waals surface area (Å²) in [7, 11) is 0. The number of aromatic nitrogens is 4. The van der Waals surface area contributed by atoms with Crippen LogP contribution in [-0.4, -0.2) is 56.9 Å². The molecule has 1 aliphatic heterocycles. The number of piperazine rings is 1. The first-order chi connectivity index (χ1) is 13.8. The number of carbonyl (C=O) groups is 1. The Labute approximate surface area is 163 Å².